The van der Waals surface area contributed by atoms with Gasteiger partial charge in [0, 0.05) is 50.2 Å². The summed E-state index contributed by atoms with van der Waals surface area (Å²) in [5.41, 5.74) is 2.06. The van der Waals surface area contributed by atoms with Gasteiger partial charge in [-0.3, -0.25) is 4.79 Å². The Balaban J connectivity index is 1.54. The number of carbonyl (C=O) groups is 1. The quantitative estimate of drug-likeness (QED) is 0.908. The van der Waals surface area contributed by atoms with Gasteiger partial charge in [0.05, 0.1) is 0 Å². The van der Waals surface area contributed by atoms with Gasteiger partial charge in [-0.25, -0.2) is 4.98 Å². The van der Waals surface area contributed by atoms with Crippen LogP contribution in [0.3, 0.4) is 0 Å². The Hall–Kier alpha value is -2.56. The van der Waals surface area contributed by atoms with E-state index in [4.69, 9.17) is 0 Å². The molecule has 0 radical (unpaired) electrons. The van der Waals surface area contributed by atoms with E-state index in [0.29, 0.717) is 12.3 Å². The van der Waals surface area contributed by atoms with E-state index in [-0.39, 0.29) is 5.91 Å². The number of rotatable bonds is 5. The maximum absolute atomic E-state index is 11.8. The van der Waals surface area contributed by atoms with Crippen LogP contribution >= 0.6 is 0 Å². The molecule has 0 unspecified atom stereocenters. The Morgan fingerprint density at radius 1 is 1.04 bits per heavy atom. The largest absolute Gasteiger partial charge is 0.368 e. The van der Waals surface area contributed by atoms with E-state index in [0.717, 1.165) is 37.7 Å². The summed E-state index contributed by atoms with van der Waals surface area (Å²) in [6.45, 7) is 7.96. The van der Waals surface area contributed by atoms with Gasteiger partial charge in [0.25, 0.3) is 0 Å². The summed E-state index contributed by atoms with van der Waals surface area (Å²) in [5.74, 6) is 1.49. The van der Waals surface area contributed by atoms with Crippen molar-refractivity contribution in [2.75, 3.05) is 41.3 Å². The number of aromatic nitrogens is 1. The number of piperazine rings is 1. The molecule has 1 N–H and O–H groups in total. The lowest BCUT2D eigenvalue weighted by molar-refractivity contribution is -0.116. The Bertz CT molecular complexity index is 677. The van der Waals surface area contributed by atoms with E-state index in [1.165, 1.54) is 5.69 Å². The molecule has 0 spiro atoms. The van der Waals surface area contributed by atoms with Crippen LogP contribution < -0.4 is 15.1 Å². The SMILES string of the molecule is CC(C)CC(=O)Nc1ccc(N2CCN(c3ccccn3)CC2)cc1. The Morgan fingerprint density at radius 3 is 2.32 bits per heavy atom. The fraction of sp³-hybridized carbons (Fsp3) is 0.400. The highest BCUT2D eigenvalue weighted by molar-refractivity contribution is 5.91. The second-order valence-corrected chi connectivity index (χ2v) is 6.86. The minimum absolute atomic E-state index is 0.0757. The van der Waals surface area contributed by atoms with Crippen LogP contribution in [0.1, 0.15) is 20.3 Å². The number of benzene rings is 1. The molecule has 2 aromatic rings. The van der Waals surface area contributed by atoms with Crippen LogP contribution in [-0.4, -0.2) is 37.1 Å². The van der Waals surface area contributed by atoms with E-state index in [2.05, 4.69) is 38.3 Å². The lowest BCUT2D eigenvalue weighted by atomic mass is 10.1. The van der Waals surface area contributed by atoms with Gasteiger partial charge in [-0.15, -0.1) is 0 Å². The molecule has 0 saturated carbocycles. The molecule has 1 amide bonds. The van der Waals surface area contributed by atoms with Crippen LogP contribution in [0.4, 0.5) is 17.2 Å². The van der Waals surface area contributed by atoms with Crippen LogP contribution in [0, 0.1) is 5.92 Å². The van der Waals surface area contributed by atoms with Crippen molar-refractivity contribution in [2.24, 2.45) is 5.92 Å². The van der Waals surface area contributed by atoms with Gasteiger partial charge in [-0.05, 0) is 42.3 Å². The molecule has 1 aliphatic rings. The maximum Gasteiger partial charge on any atom is 0.224 e. The second-order valence-electron chi connectivity index (χ2n) is 6.86. The molecule has 5 nitrogen and oxygen atoms in total. The van der Waals surface area contributed by atoms with Crippen molar-refractivity contribution >= 4 is 23.1 Å². The van der Waals surface area contributed by atoms with E-state index >= 15 is 0 Å². The standard InChI is InChI=1S/C20H26N4O/c1-16(2)15-20(25)22-17-6-8-18(9-7-17)23-11-13-24(14-12-23)19-5-3-4-10-21-19/h3-10,16H,11-15H2,1-2H3,(H,22,25). The van der Waals surface area contributed by atoms with Crippen LogP contribution in [0.5, 0.6) is 0 Å². The second kappa shape index (κ2) is 8.01. The highest BCUT2D eigenvalue weighted by Gasteiger charge is 2.18. The minimum atomic E-state index is 0.0757. The third kappa shape index (κ3) is 4.72. The van der Waals surface area contributed by atoms with Gasteiger partial charge in [0.15, 0.2) is 0 Å². The average molecular weight is 338 g/mol. The van der Waals surface area contributed by atoms with E-state index in [1.54, 1.807) is 0 Å². The molecule has 1 saturated heterocycles. The van der Waals surface area contributed by atoms with Crippen molar-refractivity contribution in [1.82, 2.24) is 4.98 Å². The zero-order chi connectivity index (χ0) is 17.6. The molecule has 0 atom stereocenters. The topological polar surface area (TPSA) is 48.5 Å². The first-order valence-electron chi connectivity index (χ1n) is 8.92. The molecular formula is C20H26N4O. The van der Waals surface area contributed by atoms with Crippen molar-refractivity contribution in [1.29, 1.82) is 0 Å². The number of amides is 1. The third-order valence-corrected chi connectivity index (χ3v) is 4.36. The smallest absolute Gasteiger partial charge is 0.224 e. The predicted octanol–water partition coefficient (Wildman–Crippen LogP) is 3.39. The average Bonchev–Trinajstić information content (AvgIpc) is 2.62. The lowest BCUT2D eigenvalue weighted by Crippen LogP contribution is -2.46. The van der Waals surface area contributed by atoms with Gasteiger partial charge in [-0.1, -0.05) is 19.9 Å². The molecule has 2 heterocycles. The number of nitrogens with zero attached hydrogens (tertiary/aromatic N) is 3. The predicted molar refractivity (Wildman–Crippen MR) is 103 cm³/mol. The fourth-order valence-corrected chi connectivity index (χ4v) is 3.07. The molecule has 1 aromatic heterocycles. The summed E-state index contributed by atoms with van der Waals surface area (Å²) in [4.78, 5) is 21.0. The number of hydrogen-bond donors (Lipinski definition) is 1. The van der Waals surface area contributed by atoms with Gasteiger partial charge in [-0.2, -0.15) is 0 Å². The normalized spacial score (nSPS) is 14.7. The van der Waals surface area contributed by atoms with Gasteiger partial charge in [0.2, 0.25) is 5.91 Å². The Morgan fingerprint density at radius 2 is 1.72 bits per heavy atom. The molecule has 5 heteroatoms. The Labute approximate surface area is 149 Å². The lowest BCUT2D eigenvalue weighted by Gasteiger charge is -2.36. The van der Waals surface area contributed by atoms with Gasteiger partial charge in [0.1, 0.15) is 5.82 Å². The number of anilines is 3. The summed E-state index contributed by atoms with van der Waals surface area (Å²) in [6.07, 6.45) is 2.39. The van der Waals surface area contributed by atoms with Gasteiger partial charge < -0.3 is 15.1 Å². The highest BCUT2D eigenvalue weighted by atomic mass is 16.1. The van der Waals surface area contributed by atoms with Crippen molar-refractivity contribution < 1.29 is 4.79 Å². The molecule has 0 bridgehead atoms. The Kier molecular flexibility index (Phi) is 5.53. The van der Waals surface area contributed by atoms with Crippen LogP contribution in [0.15, 0.2) is 48.7 Å². The van der Waals surface area contributed by atoms with E-state index in [1.807, 2.05) is 44.3 Å². The van der Waals surface area contributed by atoms with E-state index in [9.17, 15) is 4.79 Å². The van der Waals surface area contributed by atoms with Gasteiger partial charge >= 0.3 is 0 Å². The summed E-state index contributed by atoms with van der Waals surface area (Å²) in [6, 6.07) is 14.2. The number of hydrogen-bond acceptors (Lipinski definition) is 4. The summed E-state index contributed by atoms with van der Waals surface area (Å²) < 4.78 is 0. The fourth-order valence-electron chi connectivity index (χ4n) is 3.07. The van der Waals surface area contributed by atoms with Crippen LogP contribution in [0.2, 0.25) is 0 Å². The number of carbonyl (C=O) groups excluding carboxylic acids is 1. The molecule has 1 aromatic carbocycles. The molecular weight excluding hydrogens is 312 g/mol. The molecule has 25 heavy (non-hydrogen) atoms. The highest BCUT2D eigenvalue weighted by Crippen LogP contribution is 2.21. The molecule has 132 valence electrons. The summed E-state index contributed by atoms with van der Waals surface area (Å²) in [5, 5.41) is 2.96. The zero-order valence-corrected chi connectivity index (χ0v) is 15.0. The monoisotopic (exact) mass is 338 g/mol. The van der Waals surface area contributed by atoms with Crippen molar-refractivity contribution in [3.05, 3.63) is 48.7 Å². The molecule has 1 fully saturated rings. The first-order valence-corrected chi connectivity index (χ1v) is 8.92. The van der Waals surface area contributed by atoms with Crippen molar-refractivity contribution in [3.63, 3.8) is 0 Å². The first-order chi connectivity index (χ1) is 12.1. The molecule has 3 rings (SSSR count). The third-order valence-electron chi connectivity index (χ3n) is 4.36. The zero-order valence-electron chi connectivity index (χ0n) is 15.0. The van der Waals surface area contributed by atoms with Crippen LogP contribution in [0.25, 0.3) is 0 Å². The maximum atomic E-state index is 11.8. The summed E-state index contributed by atoms with van der Waals surface area (Å²) in [7, 11) is 0. The van der Waals surface area contributed by atoms with Crippen molar-refractivity contribution in [2.45, 2.75) is 20.3 Å². The summed E-state index contributed by atoms with van der Waals surface area (Å²) >= 11 is 0. The first kappa shape index (κ1) is 17.3. The van der Waals surface area contributed by atoms with Crippen LogP contribution in [-0.2, 0) is 4.79 Å². The molecule has 1 aliphatic heterocycles. The van der Waals surface area contributed by atoms with E-state index < -0.39 is 0 Å². The number of nitrogens with one attached hydrogen (secondary N) is 1. The minimum Gasteiger partial charge on any atom is -0.368 e. The molecule has 0 aliphatic carbocycles. The number of pyridine rings is 1. The van der Waals surface area contributed by atoms with Crippen molar-refractivity contribution in [3.8, 4) is 0 Å².